The van der Waals surface area contributed by atoms with Crippen LogP contribution in [-0.2, 0) is 11.3 Å². The van der Waals surface area contributed by atoms with E-state index in [2.05, 4.69) is 39.9 Å². The Kier molecular flexibility index (Phi) is 6.74. The molecule has 0 spiro atoms. The van der Waals surface area contributed by atoms with Crippen LogP contribution >= 0.6 is 11.3 Å². The molecule has 0 bridgehead atoms. The van der Waals surface area contributed by atoms with Gasteiger partial charge in [-0.05, 0) is 37.4 Å². The molecule has 1 amide bonds. The van der Waals surface area contributed by atoms with Crippen LogP contribution < -0.4 is 10.6 Å². The number of hydrogen-bond acceptors (Lipinski definition) is 4. The number of aryl methyl sites for hydroxylation is 1. The molecule has 0 unspecified atom stereocenters. The fourth-order valence-electron chi connectivity index (χ4n) is 2.57. The lowest BCUT2D eigenvalue weighted by atomic mass is 10.1. The third-order valence-corrected chi connectivity index (χ3v) is 4.78. The fourth-order valence-corrected chi connectivity index (χ4v) is 3.39. The van der Waals surface area contributed by atoms with Crippen LogP contribution in [0.25, 0.3) is 10.4 Å². The summed E-state index contributed by atoms with van der Waals surface area (Å²) >= 11 is 1.65. The van der Waals surface area contributed by atoms with E-state index in [1.165, 1.54) is 10.4 Å². The van der Waals surface area contributed by atoms with Crippen molar-refractivity contribution in [1.29, 1.82) is 0 Å². The molecule has 1 fully saturated rings. The number of aromatic nitrogens is 1. The lowest BCUT2D eigenvalue weighted by Crippen LogP contribution is -2.39. The van der Waals surface area contributed by atoms with Crippen molar-refractivity contribution in [3.05, 3.63) is 41.0 Å². The average Bonchev–Trinajstić information content (AvgIpc) is 3.27. The molecule has 1 atom stereocenters. The molecule has 5 heteroatoms. The zero-order valence-electron chi connectivity index (χ0n) is 14.1. The van der Waals surface area contributed by atoms with Crippen molar-refractivity contribution in [2.24, 2.45) is 0 Å². The third kappa shape index (κ3) is 4.62. The molecule has 3 rings (SSSR count). The van der Waals surface area contributed by atoms with Gasteiger partial charge in [0.2, 0.25) is 5.91 Å². The van der Waals surface area contributed by atoms with Crippen LogP contribution in [0.15, 0.2) is 29.8 Å². The Bertz CT molecular complexity index is 615. The van der Waals surface area contributed by atoms with Crippen LogP contribution in [0, 0.1) is 6.92 Å². The second-order valence-electron chi connectivity index (χ2n) is 5.33. The van der Waals surface area contributed by atoms with E-state index in [1.807, 2.05) is 26.3 Å². The molecule has 1 aliphatic heterocycles. The Morgan fingerprint density at radius 1 is 1.35 bits per heavy atom. The van der Waals surface area contributed by atoms with Gasteiger partial charge in [-0.15, -0.1) is 11.3 Å². The van der Waals surface area contributed by atoms with Crippen LogP contribution in [0.3, 0.4) is 0 Å². The zero-order valence-corrected chi connectivity index (χ0v) is 14.9. The summed E-state index contributed by atoms with van der Waals surface area (Å²) in [5, 5.41) is 6.20. The molecule has 4 nitrogen and oxygen atoms in total. The van der Waals surface area contributed by atoms with E-state index in [1.54, 1.807) is 11.3 Å². The second-order valence-corrected chi connectivity index (χ2v) is 6.19. The number of benzene rings is 1. The van der Waals surface area contributed by atoms with Crippen LogP contribution in [0.1, 0.15) is 37.9 Å². The zero-order chi connectivity index (χ0) is 16.7. The molecule has 0 saturated carbocycles. The Morgan fingerprint density at radius 3 is 2.65 bits per heavy atom. The van der Waals surface area contributed by atoms with Crippen molar-refractivity contribution in [3.8, 4) is 10.4 Å². The van der Waals surface area contributed by atoms with Gasteiger partial charge in [0.15, 0.2) is 0 Å². The summed E-state index contributed by atoms with van der Waals surface area (Å²) in [4.78, 5) is 17.4. The van der Waals surface area contributed by atoms with Crippen molar-refractivity contribution in [1.82, 2.24) is 15.6 Å². The molecule has 1 aromatic heterocycles. The van der Waals surface area contributed by atoms with Crippen molar-refractivity contribution in [2.45, 2.75) is 46.2 Å². The molecule has 1 aromatic carbocycles. The quantitative estimate of drug-likeness (QED) is 0.901. The summed E-state index contributed by atoms with van der Waals surface area (Å²) in [6.45, 7) is 7.55. The minimum Gasteiger partial charge on any atom is -0.351 e. The predicted octanol–water partition coefficient (Wildman–Crippen LogP) is 3.51. The van der Waals surface area contributed by atoms with Crippen molar-refractivity contribution < 1.29 is 4.79 Å². The van der Waals surface area contributed by atoms with Gasteiger partial charge < -0.3 is 10.6 Å². The molecule has 2 N–H and O–H groups in total. The molecule has 2 aromatic rings. The minimum atomic E-state index is -0.0101. The molecular formula is C18H25N3OS. The van der Waals surface area contributed by atoms with Crippen molar-refractivity contribution in [3.63, 3.8) is 0 Å². The van der Waals surface area contributed by atoms with Crippen LogP contribution in [0.4, 0.5) is 0 Å². The normalized spacial score (nSPS) is 16.6. The first-order chi connectivity index (χ1) is 11.2. The molecular weight excluding hydrogens is 306 g/mol. The lowest BCUT2D eigenvalue weighted by molar-refractivity contribution is -0.122. The van der Waals surface area contributed by atoms with Gasteiger partial charge in [0.05, 0.1) is 22.1 Å². The molecule has 1 aliphatic rings. The maximum Gasteiger partial charge on any atom is 0.237 e. The van der Waals surface area contributed by atoms with Gasteiger partial charge in [0.1, 0.15) is 0 Å². The first-order valence-corrected chi connectivity index (χ1v) is 9.12. The summed E-state index contributed by atoms with van der Waals surface area (Å²) in [5.74, 6) is 0.106. The summed E-state index contributed by atoms with van der Waals surface area (Å²) in [7, 11) is 0. The average molecular weight is 331 g/mol. The Morgan fingerprint density at radius 2 is 2.09 bits per heavy atom. The standard InChI is InChI=1S/C16H19N3OS.C2H6/c1-11-15(21-10-19-11)13-6-4-12(5-7-13)9-18-16(20)14-3-2-8-17-14;1-2/h4-7,10,14,17H,2-3,8-9H2,1H3,(H,18,20);1-2H3/t14-;/m0./s1. The van der Waals surface area contributed by atoms with Gasteiger partial charge in [0, 0.05) is 6.54 Å². The molecule has 23 heavy (non-hydrogen) atoms. The van der Waals surface area contributed by atoms with E-state index in [-0.39, 0.29) is 11.9 Å². The number of nitrogens with one attached hydrogen (secondary N) is 2. The maximum atomic E-state index is 11.9. The minimum absolute atomic E-state index is 0.0101. The number of nitrogens with zero attached hydrogens (tertiary/aromatic N) is 1. The first-order valence-electron chi connectivity index (χ1n) is 8.24. The van der Waals surface area contributed by atoms with Crippen LogP contribution in [0.2, 0.25) is 0 Å². The summed E-state index contributed by atoms with van der Waals surface area (Å²) in [5.41, 5.74) is 5.23. The topological polar surface area (TPSA) is 54.0 Å². The number of amides is 1. The highest BCUT2D eigenvalue weighted by molar-refractivity contribution is 7.13. The van der Waals surface area contributed by atoms with E-state index < -0.39 is 0 Å². The lowest BCUT2D eigenvalue weighted by Gasteiger charge is -2.11. The van der Waals surface area contributed by atoms with Gasteiger partial charge in [-0.1, -0.05) is 38.1 Å². The molecule has 0 radical (unpaired) electrons. The van der Waals surface area contributed by atoms with E-state index >= 15 is 0 Å². The van der Waals surface area contributed by atoms with E-state index in [0.29, 0.717) is 6.54 Å². The highest BCUT2D eigenvalue weighted by Crippen LogP contribution is 2.27. The van der Waals surface area contributed by atoms with Gasteiger partial charge in [-0.3, -0.25) is 4.79 Å². The van der Waals surface area contributed by atoms with Gasteiger partial charge in [-0.2, -0.15) is 0 Å². The smallest absolute Gasteiger partial charge is 0.237 e. The van der Waals surface area contributed by atoms with Gasteiger partial charge in [0.25, 0.3) is 0 Å². The molecule has 0 aliphatic carbocycles. The van der Waals surface area contributed by atoms with Crippen LogP contribution in [-0.4, -0.2) is 23.5 Å². The number of rotatable bonds is 4. The monoisotopic (exact) mass is 331 g/mol. The second kappa shape index (κ2) is 8.79. The van der Waals surface area contributed by atoms with E-state index in [9.17, 15) is 4.79 Å². The number of hydrogen-bond donors (Lipinski definition) is 2. The molecule has 2 heterocycles. The third-order valence-electron chi connectivity index (χ3n) is 3.81. The predicted molar refractivity (Wildman–Crippen MR) is 96.5 cm³/mol. The Hall–Kier alpha value is -1.72. The summed E-state index contributed by atoms with van der Waals surface area (Å²) in [6, 6.07) is 8.31. The largest absolute Gasteiger partial charge is 0.351 e. The number of carbonyl (C=O) groups excluding carboxylic acids is 1. The fraction of sp³-hybridized carbons (Fsp3) is 0.444. The Balaban J connectivity index is 0.000000924. The molecule has 124 valence electrons. The maximum absolute atomic E-state index is 11.9. The Labute approximate surface area is 142 Å². The van der Waals surface area contributed by atoms with Crippen LogP contribution in [0.5, 0.6) is 0 Å². The highest BCUT2D eigenvalue weighted by atomic mass is 32.1. The number of carbonyl (C=O) groups is 1. The SMILES string of the molecule is CC.Cc1ncsc1-c1ccc(CNC(=O)[C@@H]2CCCN2)cc1. The summed E-state index contributed by atoms with van der Waals surface area (Å²) in [6.07, 6.45) is 2.02. The van der Waals surface area contributed by atoms with Gasteiger partial charge >= 0.3 is 0 Å². The van der Waals surface area contributed by atoms with E-state index in [0.717, 1.165) is 30.6 Å². The van der Waals surface area contributed by atoms with E-state index in [4.69, 9.17) is 0 Å². The highest BCUT2D eigenvalue weighted by Gasteiger charge is 2.21. The van der Waals surface area contributed by atoms with Crippen molar-refractivity contribution >= 4 is 17.2 Å². The first kappa shape index (κ1) is 17.6. The molecule has 1 saturated heterocycles. The number of thiazole rings is 1. The van der Waals surface area contributed by atoms with Gasteiger partial charge in [-0.25, -0.2) is 4.98 Å². The van der Waals surface area contributed by atoms with Crippen molar-refractivity contribution in [2.75, 3.05) is 6.54 Å². The summed E-state index contributed by atoms with van der Waals surface area (Å²) < 4.78 is 0.